The van der Waals surface area contributed by atoms with Gasteiger partial charge in [0, 0.05) is 19.0 Å². The van der Waals surface area contributed by atoms with E-state index in [-0.39, 0.29) is 0 Å². The number of pyridine rings is 1. The Labute approximate surface area is 133 Å². The molecule has 0 saturated heterocycles. The van der Waals surface area contributed by atoms with E-state index in [1.807, 2.05) is 30.2 Å². The number of hydrogen-bond donors (Lipinski definition) is 0. The summed E-state index contributed by atoms with van der Waals surface area (Å²) in [6.45, 7) is 0. The molecule has 0 atom stereocenters. The van der Waals surface area contributed by atoms with Crippen molar-refractivity contribution in [2.24, 2.45) is 7.05 Å². The van der Waals surface area contributed by atoms with Crippen molar-refractivity contribution < 1.29 is 0 Å². The second kappa shape index (κ2) is 5.46. The van der Waals surface area contributed by atoms with E-state index in [0.717, 1.165) is 21.8 Å². The van der Waals surface area contributed by atoms with Gasteiger partial charge in [-0.1, -0.05) is 54.2 Å². The van der Waals surface area contributed by atoms with Crippen LogP contribution in [0, 0.1) is 0 Å². The average molecular weight is 305 g/mol. The van der Waals surface area contributed by atoms with E-state index >= 15 is 0 Å². The Balaban J connectivity index is 1.70. The zero-order valence-electron chi connectivity index (χ0n) is 12.2. The third-order valence-electron chi connectivity index (χ3n) is 3.84. The van der Waals surface area contributed by atoms with E-state index in [4.69, 9.17) is 0 Å². The fraction of sp³-hybridized carbons (Fsp3) is 0.111. The van der Waals surface area contributed by atoms with E-state index in [9.17, 15) is 0 Å². The van der Waals surface area contributed by atoms with Gasteiger partial charge in [-0.05, 0) is 22.4 Å². The van der Waals surface area contributed by atoms with Gasteiger partial charge in [-0.25, -0.2) is 9.97 Å². The summed E-state index contributed by atoms with van der Waals surface area (Å²) < 4.78 is 2.04. The minimum absolute atomic E-state index is 0.901. The molecule has 0 amide bonds. The van der Waals surface area contributed by atoms with Crippen molar-refractivity contribution in [1.29, 1.82) is 0 Å². The van der Waals surface area contributed by atoms with Crippen LogP contribution in [0.2, 0.25) is 0 Å². The third-order valence-corrected chi connectivity index (χ3v) is 4.86. The van der Waals surface area contributed by atoms with Crippen molar-refractivity contribution in [2.75, 3.05) is 0 Å². The molecule has 0 unspecified atom stereocenters. The molecule has 22 heavy (non-hydrogen) atoms. The van der Waals surface area contributed by atoms with Gasteiger partial charge in [-0.15, -0.1) is 0 Å². The van der Waals surface area contributed by atoms with Crippen LogP contribution in [0.3, 0.4) is 0 Å². The molecule has 0 aliphatic heterocycles. The van der Waals surface area contributed by atoms with Crippen LogP contribution in [0.5, 0.6) is 0 Å². The smallest absolute Gasteiger partial charge is 0.122 e. The van der Waals surface area contributed by atoms with E-state index in [0.29, 0.717) is 0 Å². The number of nitrogens with zero attached hydrogens (tertiary/aromatic N) is 3. The summed E-state index contributed by atoms with van der Waals surface area (Å²) in [7, 11) is 2.01. The predicted molar refractivity (Wildman–Crippen MR) is 92.0 cm³/mol. The molecule has 0 aliphatic rings. The normalized spacial score (nSPS) is 11.3. The third kappa shape index (κ3) is 2.25. The van der Waals surface area contributed by atoms with Gasteiger partial charge in [-0.3, -0.25) is 0 Å². The van der Waals surface area contributed by atoms with Gasteiger partial charge >= 0.3 is 0 Å². The summed E-state index contributed by atoms with van der Waals surface area (Å²) in [6.07, 6.45) is 3.68. The number of hydrogen-bond acceptors (Lipinski definition) is 3. The van der Waals surface area contributed by atoms with Gasteiger partial charge in [0.05, 0.1) is 11.8 Å². The maximum atomic E-state index is 4.54. The molecule has 4 rings (SSSR count). The number of rotatable bonds is 3. The summed E-state index contributed by atoms with van der Waals surface area (Å²) in [5, 5.41) is 3.63. The Hall–Kier alpha value is -2.33. The lowest BCUT2D eigenvalue weighted by atomic mass is 10.1. The highest BCUT2D eigenvalue weighted by Gasteiger charge is 2.09. The summed E-state index contributed by atoms with van der Waals surface area (Å²) in [4.78, 5) is 8.93. The molecule has 0 bridgehead atoms. The van der Waals surface area contributed by atoms with Gasteiger partial charge < -0.3 is 4.57 Å². The average Bonchev–Trinajstić information content (AvgIpc) is 2.95. The summed E-state index contributed by atoms with van der Waals surface area (Å²) in [5.41, 5.74) is 3.44. The first-order chi connectivity index (χ1) is 10.8. The molecule has 0 N–H and O–H groups in total. The van der Waals surface area contributed by atoms with Crippen LogP contribution in [0.4, 0.5) is 0 Å². The molecule has 0 spiro atoms. The first-order valence-corrected chi connectivity index (χ1v) is 8.17. The molecule has 3 nitrogen and oxygen atoms in total. The van der Waals surface area contributed by atoms with Crippen LogP contribution >= 0.6 is 11.8 Å². The lowest BCUT2D eigenvalue weighted by Gasteiger charge is -2.07. The topological polar surface area (TPSA) is 30.7 Å². The number of imidazole rings is 1. The molecular formula is C18H15N3S. The molecule has 0 fully saturated rings. The van der Waals surface area contributed by atoms with E-state index in [1.165, 1.54) is 16.3 Å². The van der Waals surface area contributed by atoms with Crippen molar-refractivity contribution in [3.63, 3.8) is 0 Å². The van der Waals surface area contributed by atoms with Crippen molar-refractivity contribution in [1.82, 2.24) is 14.5 Å². The Morgan fingerprint density at radius 3 is 2.82 bits per heavy atom. The van der Waals surface area contributed by atoms with E-state index < -0.39 is 0 Å². The molecule has 2 aromatic carbocycles. The first kappa shape index (κ1) is 13.3. The van der Waals surface area contributed by atoms with Gasteiger partial charge in [-0.2, -0.15) is 0 Å². The largest absolute Gasteiger partial charge is 0.332 e. The minimum atomic E-state index is 0.901. The zero-order chi connectivity index (χ0) is 14.9. The van der Waals surface area contributed by atoms with E-state index in [1.54, 1.807) is 11.8 Å². The second-order valence-electron chi connectivity index (χ2n) is 5.27. The molecule has 4 aromatic rings. The Kier molecular flexibility index (Phi) is 3.31. The predicted octanol–water partition coefficient (Wildman–Crippen LogP) is 4.41. The van der Waals surface area contributed by atoms with Crippen molar-refractivity contribution in [3.8, 4) is 0 Å². The SMILES string of the molecule is Cn1cnc2ccnc(SCc3cccc4ccccc34)c21. The molecule has 2 aromatic heterocycles. The Bertz CT molecular complexity index is 954. The van der Waals surface area contributed by atoms with Crippen LogP contribution in [0.25, 0.3) is 21.8 Å². The Morgan fingerprint density at radius 2 is 1.86 bits per heavy atom. The van der Waals surface area contributed by atoms with Crippen LogP contribution in [-0.2, 0) is 12.8 Å². The fourth-order valence-corrected chi connectivity index (χ4v) is 3.80. The summed E-state index contributed by atoms with van der Waals surface area (Å²) >= 11 is 1.76. The number of thioether (sulfide) groups is 1. The van der Waals surface area contributed by atoms with Crippen molar-refractivity contribution in [2.45, 2.75) is 10.8 Å². The molecule has 4 heteroatoms. The maximum Gasteiger partial charge on any atom is 0.122 e. The highest BCUT2D eigenvalue weighted by atomic mass is 32.2. The first-order valence-electron chi connectivity index (χ1n) is 7.18. The van der Waals surface area contributed by atoms with Gasteiger partial charge in [0.15, 0.2) is 0 Å². The lowest BCUT2D eigenvalue weighted by Crippen LogP contribution is -1.91. The quantitative estimate of drug-likeness (QED) is 0.525. The molecule has 2 heterocycles. The maximum absolute atomic E-state index is 4.54. The van der Waals surface area contributed by atoms with Crippen LogP contribution in [0.15, 0.2) is 66.1 Å². The van der Waals surface area contributed by atoms with Crippen LogP contribution in [0.1, 0.15) is 5.56 Å². The van der Waals surface area contributed by atoms with Crippen molar-refractivity contribution in [3.05, 3.63) is 66.6 Å². The molecule has 0 aliphatic carbocycles. The fourth-order valence-electron chi connectivity index (χ4n) is 2.74. The number of aryl methyl sites for hydroxylation is 1. The molecule has 108 valence electrons. The number of aromatic nitrogens is 3. The summed E-state index contributed by atoms with van der Waals surface area (Å²) in [6, 6.07) is 16.9. The van der Waals surface area contributed by atoms with Gasteiger partial charge in [0.1, 0.15) is 10.5 Å². The molecule has 0 saturated carbocycles. The lowest BCUT2D eigenvalue weighted by molar-refractivity contribution is 0.927. The molecular weight excluding hydrogens is 290 g/mol. The second-order valence-corrected chi connectivity index (χ2v) is 6.23. The van der Waals surface area contributed by atoms with Gasteiger partial charge in [0.2, 0.25) is 0 Å². The van der Waals surface area contributed by atoms with Crippen LogP contribution in [-0.4, -0.2) is 14.5 Å². The van der Waals surface area contributed by atoms with Crippen molar-refractivity contribution >= 4 is 33.6 Å². The molecule has 0 radical (unpaired) electrons. The van der Waals surface area contributed by atoms with E-state index in [2.05, 4.69) is 52.4 Å². The highest BCUT2D eigenvalue weighted by molar-refractivity contribution is 7.98. The number of fused-ring (bicyclic) bond motifs is 2. The highest BCUT2D eigenvalue weighted by Crippen LogP contribution is 2.30. The van der Waals surface area contributed by atoms with Crippen LogP contribution < -0.4 is 0 Å². The number of benzene rings is 2. The van der Waals surface area contributed by atoms with Gasteiger partial charge in [0.25, 0.3) is 0 Å². The minimum Gasteiger partial charge on any atom is -0.332 e. The standard InChI is InChI=1S/C18H15N3S/c1-21-12-20-16-9-10-19-18(17(16)21)22-11-14-7-4-6-13-5-2-3-8-15(13)14/h2-10,12H,11H2,1H3. The Morgan fingerprint density at radius 1 is 1.00 bits per heavy atom. The summed E-state index contributed by atoms with van der Waals surface area (Å²) in [5.74, 6) is 0.901. The monoisotopic (exact) mass is 305 g/mol. The zero-order valence-corrected chi connectivity index (χ0v) is 13.0.